The van der Waals surface area contributed by atoms with Crippen LogP contribution in [-0.4, -0.2) is 6.54 Å². The van der Waals surface area contributed by atoms with Crippen molar-refractivity contribution in [2.24, 2.45) is 11.8 Å². The van der Waals surface area contributed by atoms with Crippen molar-refractivity contribution in [3.05, 3.63) is 42.5 Å². The molecule has 1 saturated carbocycles. The van der Waals surface area contributed by atoms with Crippen LogP contribution in [-0.2, 0) is 0 Å². The highest BCUT2D eigenvalue weighted by Crippen LogP contribution is 2.31. The Kier molecular flexibility index (Phi) is 3.22. The van der Waals surface area contributed by atoms with E-state index in [1.54, 1.807) is 0 Å². The predicted molar refractivity (Wildman–Crippen MR) is 78.9 cm³/mol. The summed E-state index contributed by atoms with van der Waals surface area (Å²) in [5.41, 5.74) is 1.26. The number of benzene rings is 2. The van der Waals surface area contributed by atoms with Gasteiger partial charge in [0.1, 0.15) is 0 Å². The number of rotatable bonds is 3. The summed E-state index contributed by atoms with van der Waals surface area (Å²) >= 11 is 0. The van der Waals surface area contributed by atoms with Gasteiger partial charge in [-0.25, -0.2) is 0 Å². The van der Waals surface area contributed by atoms with E-state index in [0.717, 1.165) is 18.4 Å². The van der Waals surface area contributed by atoms with E-state index in [2.05, 4.69) is 54.7 Å². The summed E-state index contributed by atoms with van der Waals surface area (Å²) in [5.74, 6) is 1.74. The maximum Gasteiger partial charge on any atom is 0.0346 e. The van der Waals surface area contributed by atoms with Gasteiger partial charge in [0, 0.05) is 12.2 Å². The zero-order chi connectivity index (χ0) is 12.4. The molecule has 1 fully saturated rings. The minimum absolute atomic E-state index is 0.858. The highest BCUT2D eigenvalue weighted by Gasteiger charge is 2.22. The molecular formula is C17H21N. The average molecular weight is 239 g/mol. The van der Waals surface area contributed by atoms with Gasteiger partial charge >= 0.3 is 0 Å². The van der Waals surface area contributed by atoms with Crippen LogP contribution in [0.25, 0.3) is 10.8 Å². The van der Waals surface area contributed by atoms with Gasteiger partial charge in [-0.15, -0.1) is 0 Å². The molecule has 2 unspecified atom stereocenters. The molecule has 1 aliphatic carbocycles. The van der Waals surface area contributed by atoms with Gasteiger partial charge in [0.2, 0.25) is 0 Å². The molecule has 2 aromatic carbocycles. The van der Waals surface area contributed by atoms with Crippen LogP contribution in [0.15, 0.2) is 42.5 Å². The van der Waals surface area contributed by atoms with Crippen molar-refractivity contribution in [2.45, 2.75) is 26.2 Å². The second kappa shape index (κ2) is 5.01. The average Bonchev–Trinajstić information content (AvgIpc) is 2.82. The molecule has 1 heteroatoms. The van der Waals surface area contributed by atoms with Gasteiger partial charge in [-0.1, -0.05) is 50.1 Å². The van der Waals surface area contributed by atoms with Crippen LogP contribution < -0.4 is 5.32 Å². The van der Waals surface area contributed by atoms with Crippen LogP contribution in [0, 0.1) is 11.8 Å². The normalized spacial score (nSPS) is 23.4. The smallest absolute Gasteiger partial charge is 0.0346 e. The topological polar surface area (TPSA) is 12.0 Å². The third-order valence-electron chi connectivity index (χ3n) is 4.36. The molecule has 0 spiro atoms. The summed E-state index contributed by atoms with van der Waals surface area (Å²) in [5, 5.41) is 6.25. The molecule has 0 bridgehead atoms. The molecule has 94 valence electrons. The van der Waals surface area contributed by atoms with E-state index in [0.29, 0.717) is 0 Å². The standard InChI is InChI=1S/C17H21N/c1-13-5-4-8-16(13)12-18-17-10-9-14-6-2-3-7-15(14)11-17/h2-3,6-7,9-11,13,16,18H,4-5,8,12H2,1H3. The molecule has 18 heavy (non-hydrogen) atoms. The summed E-state index contributed by atoms with van der Waals surface area (Å²) in [6.45, 7) is 3.51. The molecule has 2 atom stereocenters. The fraction of sp³-hybridized carbons (Fsp3) is 0.412. The van der Waals surface area contributed by atoms with E-state index in [1.165, 1.54) is 35.7 Å². The Morgan fingerprint density at radius 3 is 2.67 bits per heavy atom. The molecule has 0 radical (unpaired) electrons. The van der Waals surface area contributed by atoms with Gasteiger partial charge < -0.3 is 5.32 Å². The number of hydrogen-bond acceptors (Lipinski definition) is 1. The lowest BCUT2D eigenvalue weighted by Crippen LogP contribution is -2.16. The van der Waals surface area contributed by atoms with Crippen LogP contribution in [0.3, 0.4) is 0 Å². The van der Waals surface area contributed by atoms with Crippen molar-refractivity contribution in [2.75, 3.05) is 11.9 Å². The summed E-state index contributed by atoms with van der Waals surface area (Å²) in [7, 11) is 0. The van der Waals surface area contributed by atoms with Crippen LogP contribution >= 0.6 is 0 Å². The number of anilines is 1. The molecular weight excluding hydrogens is 218 g/mol. The first-order chi connectivity index (χ1) is 8.83. The van der Waals surface area contributed by atoms with Crippen molar-refractivity contribution in [3.63, 3.8) is 0 Å². The third kappa shape index (κ3) is 2.35. The van der Waals surface area contributed by atoms with Crippen molar-refractivity contribution >= 4 is 16.5 Å². The fourth-order valence-corrected chi connectivity index (χ4v) is 3.07. The maximum atomic E-state index is 3.61. The second-order valence-corrected chi connectivity index (χ2v) is 5.61. The molecule has 3 rings (SSSR count). The fourth-order valence-electron chi connectivity index (χ4n) is 3.07. The first kappa shape index (κ1) is 11.6. The molecule has 2 aromatic rings. The monoisotopic (exact) mass is 239 g/mol. The van der Waals surface area contributed by atoms with Crippen LogP contribution in [0.2, 0.25) is 0 Å². The zero-order valence-electron chi connectivity index (χ0n) is 11.0. The molecule has 0 amide bonds. The SMILES string of the molecule is CC1CCCC1CNc1ccc2ccccc2c1. The van der Waals surface area contributed by atoms with E-state index < -0.39 is 0 Å². The Morgan fingerprint density at radius 1 is 1.06 bits per heavy atom. The first-order valence-corrected chi connectivity index (χ1v) is 7.05. The van der Waals surface area contributed by atoms with E-state index in [9.17, 15) is 0 Å². The molecule has 1 nitrogen and oxygen atoms in total. The molecule has 0 saturated heterocycles. The summed E-state index contributed by atoms with van der Waals surface area (Å²) in [6.07, 6.45) is 4.21. The Hall–Kier alpha value is -1.50. The highest BCUT2D eigenvalue weighted by molar-refractivity contribution is 5.85. The first-order valence-electron chi connectivity index (χ1n) is 7.05. The van der Waals surface area contributed by atoms with E-state index in [-0.39, 0.29) is 0 Å². The molecule has 0 aromatic heterocycles. The van der Waals surface area contributed by atoms with Gasteiger partial charge in [0.05, 0.1) is 0 Å². The van der Waals surface area contributed by atoms with Gasteiger partial charge in [-0.3, -0.25) is 0 Å². The minimum atomic E-state index is 0.858. The van der Waals surface area contributed by atoms with Gasteiger partial charge in [-0.2, -0.15) is 0 Å². The Balaban J connectivity index is 1.71. The van der Waals surface area contributed by atoms with Crippen molar-refractivity contribution in [3.8, 4) is 0 Å². The summed E-state index contributed by atoms with van der Waals surface area (Å²) < 4.78 is 0. The zero-order valence-corrected chi connectivity index (χ0v) is 11.0. The summed E-state index contributed by atoms with van der Waals surface area (Å²) in [6, 6.07) is 15.2. The molecule has 0 heterocycles. The van der Waals surface area contributed by atoms with Crippen molar-refractivity contribution < 1.29 is 0 Å². The Bertz CT molecular complexity index is 532. The quantitative estimate of drug-likeness (QED) is 0.819. The van der Waals surface area contributed by atoms with Crippen molar-refractivity contribution in [1.29, 1.82) is 0 Å². The van der Waals surface area contributed by atoms with Crippen LogP contribution in [0.4, 0.5) is 5.69 Å². The van der Waals surface area contributed by atoms with Gasteiger partial charge in [0.15, 0.2) is 0 Å². The Morgan fingerprint density at radius 2 is 1.89 bits per heavy atom. The van der Waals surface area contributed by atoms with Crippen molar-refractivity contribution in [1.82, 2.24) is 0 Å². The number of hydrogen-bond donors (Lipinski definition) is 1. The van der Waals surface area contributed by atoms with Gasteiger partial charge in [-0.05, 0) is 41.2 Å². The molecule has 1 aliphatic rings. The third-order valence-corrected chi connectivity index (χ3v) is 4.36. The lowest BCUT2D eigenvalue weighted by Gasteiger charge is -2.17. The van der Waals surface area contributed by atoms with Crippen LogP contribution in [0.5, 0.6) is 0 Å². The van der Waals surface area contributed by atoms with Crippen LogP contribution in [0.1, 0.15) is 26.2 Å². The lowest BCUT2D eigenvalue weighted by atomic mass is 9.98. The number of fused-ring (bicyclic) bond motifs is 1. The molecule has 0 aliphatic heterocycles. The minimum Gasteiger partial charge on any atom is -0.385 e. The van der Waals surface area contributed by atoms with E-state index in [1.807, 2.05) is 0 Å². The number of nitrogens with one attached hydrogen (secondary N) is 1. The predicted octanol–water partition coefficient (Wildman–Crippen LogP) is 4.69. The Labute approximate surface area is 109 Å². The van der Waals surface area contributed by atoms with E-state index in [4.69, 9.17) is 0 Å². The maximum absolute atomic E-state index is 3.61. The second-order valence-electron chi connectivity index (χ2n) is 5.61. The summed E-state index contributed by atoms with van der Waals surface area (Å²) in [4.78, 5) is 0. The molecule has 1 N–H and O–H groups in total. The largest absolute Gasteiger partial charge is 0.385 e. The van der Waals surface area contributed by atoms with Gasteiger partial charge in [0.25, 0.3) is 0 Å². The van der Waals surface area contributed by atoms with E-state index >= 15 is 0 Å². The highest BCUT2D eigenvalue weighted by atomic mass is 14.9. The lowest BCUT2D eigenvalue weighted by molar-refractivity contribution is 0.440.